The Morgan fingerprint density at radius 2 is 2.40 bits per heavy atom. The van der Waals surface area contributed by atoms with Crippen LogP contribution in [0.3, 0.4) is 0 Å². The van der Waals surface area contributed by atoms with Gasteiger partial charge in [-0.15, -0.1) is 0 Å². The second kappa shape index (κ2) is 3.98. The predicted octanol–water partition coefficient (Wildman–Crippen LogP) is 1.12. The van der Waals surface area contributed by atoms with Gasteiger partial charge in [-0.2, -0.15) is 0 Å². The molecule has 0 radical (unpaired) electrons. The Labute approximate surface area is 89.6 Å². The Morgan fingerprint density at radius 3 is 2.93 bits per heavy atom. The van der Waals surface area contributed by atoms with Crippen molar-refractivity contribution >= 4 is 9.84 Å². The van der Waals surface area contributed by atoms with E-state index in [1.165, 1.54) is 0 Å². The Morgan fingerprint density at radius 1 is 1.60 bits per heavy atom. The molecule has 2 rings (SSSR count). The van der Waals surface area contributed by atoms with Gasteiger partial charge < -0.3 is 9.73 Å². The molecule has 84 valence electrons. The van der Waals surface area contributed by atoms with Crippen molar-refractivity contribution < 1.29 is 12.8 Å². The molecule has 0 unspecified atom stereocenters. The standard InChI is InChI=1S/C10H15NO3S/c1-8(10-3-2-5-14-10)11-9-4-6-15(12,13)7-9/h2-3,5,8-9,11H,4,6-7H2,1H3/t8-,9-/m0/s1. The lowest BCUT2D eigenvalue weighted by Gasteiger charge is -2.16. The molecular weight excluding hydrogens is 214 g/mol. The average Bonchev–Trinajstić information content (AvgIpc) is 2.74. The number of hydrogen-bond acceptors (Lipinski definition) is 4. The molecule has 0 aromatic carbocycles. The molecule has 1 aliphatic rings. The van der Waals surface area contributed by atoms with Crippen LogP contribution in [0.5, 0.6) is 0 Å². The summed E-state index contributed by atoms with van der Waals surface area (Å²) in [5.74, 6) is 1.40. The first kappa shape index (κ1) is 10.7. The van der Waals surface area contributed by atoms with Crippen molar-refractivity contribution in [1.29, 1.82) is 0 Å². The Kier molecular flexibility index (Phi) is 2.84. The van der Waals surface area contributed by atoms with Gasteiger partial charge in [-0.25, -0.2) is 8.42 Å². The second-order valence-corrected chi connectivity index (χ2v) is 6.23. The molecule has 1 N–H and O–H groups in total. The molecule has 1 fully saturated rings. The second-order valence-electron chi connectivity index (χ2n) is 4.00. The van der Waals surface area contributed by atoms with Crippen molar-refractivity contribution in [2.75, 3.05) is 11.5 Å². The van der Waals surface area contributed by atoms with Gasteiger partial charge in [0.1, 0.15) is 5.76 Å². The number of rotatable bonds is 3. The van der Waals surface area contributed by atoms with Crippen molar-refractivity contribution in [3.63, 3.8) is 0 Å². The number of sulfone groups is 1. The summed E-state index contributed by atoms with van der Waals surface area (Å²) >= 11 is 0. The van der Waals surface area contributed by atoms with E-state index in [0.717, 1.165) is 5.76 Å². The fourth-order valence-electron chi connectivity index (χ4n) is 1.90. The summed E-state index contributed by atoms with van der Waals surface area (Å²) in [4.78, 5) is 0. The van der Waals surface area contributed by atoms with E-state index in [1.54, 1.807) is 6.26 Å². The summed E-state index contributed by atoms with van der Waals surface area (Å²) in [6.07, 6.45) is 2.33. The van der Waals surface area contributed by atoms with E-state index in [-0.39, 0.29) is 17.8 Å². The first-order chi connectivity index (χ1) is 7.07. The minimum atomic E-state index is -2.80. The van der Waals surface area contributed by atoms with Crippen LogP contribution >= 0.6 is 0 Å². The van der Waals surface area contributed by atoms with E-state index in [0.29, 0.717) is 12.2 Å². The average molecular weight is 229 g/mol. The van der Waals surface area contributed by atoms with E-state index in [9.17, 15) is 8.42 Å². The maximum Gasteiger partial charge on any atom is 0.151 e. The normalized spacial score (nSPS) is 26.6. The lowest BCUT2D eigenvalue weighted by atomic mass is 10.2. The van der Waals surface area contributed by atoms with E-state index in [2.05, 4.69) is 5.32 Å². The largest absolute Gasteiger partial charge is 0.468 e. The third-order valence-electron chi connectivity index (χ3n) is 2.69. The smallest absolute Gasteiger partial charge is 0.151 e. The minimum Gasteiger partial charge on any atom is -0.468 e. The highest BCUT2D eigenvalue weighted by atomic mass is 32.2. The zero-order valence-electron chi connectivity index (χ0n) is 8.64. The number of furan rings is 1. The van der Waals surface area contributed by atoms with Crippen LogP contribution in [0, 0.1) is 0 Å². The molecule has 0 bridgehead atoms. The highest BCUT2D eigenvalue weighted by Gasteiger charge is 2.29. The molecule has 1 saturated heterocycles. The van der Waals surface area contributed by atoms with Crippen molar-refractivity contribution in [1.82, 2.24) is 5.32 Å². The first-order valence-electron chi connectivity index (χ1n) is 5.07. The van der Waals surface area contributed by atoms with Gasteiger partial charge in [0.15, 0.2) is 9.84 Å². The third kappa shape index (κ3) is 2.60. The van der Waals surface area contributed by atoms with E-state index in [1.807, 2.05) is 19.1 Å². The first-order valence-corrected chi connectivity index (χ1v) is 6.89. The monoisotopic (exact) mass is 229 g/mol. The molecular formula is C10H15NO3S. The molecule has 0 saturated carbocycles. The molecule has 0 amide bonds. The molecule has 1 aliphatic heterocycles. The van der Waals surface area contributed by atoms with Crippen LogP contribution < -0.4 is 5.32 Å². The van der Waals surface area contributed by atoms with Crippen molar-refractivity contribution in [3.8, 4) is 0 Å². The van der Waals surface area contributed by atoms with Crippen molar-refractivity contribution in [2.45, 2.75) is 25.4 Å². The van der Waals surface area contributed by atoms with Crippen LogP contribution in [0.4, 0.5) is 0 Å². The third-order valence-corrected chi connectivity index (χ3v) is 4.46. The van der Waals surface area contributed by atoms with Crippen LogP contribution in [0.2, 0.25) is 0 Å². The molecule has 0 spiro atoms. The highest BCUT2D eigenvalue weighted by Crippen LogP contribution is 2.18. The van der Waals surface area contributed by atoms with Gasteiger partial charge in [0, 0.05) is 6.04 Å². The van der Waals surface area contributed by atoms with Crippen LogP contribution in [-0.4, -0.2) is 26.0 Å². The zero-order chi connectivity index (χ0) is 10.9. The molecule has 1 aromatic heterocycles. The summed E-state index contributed by atoms with van der Waals surface area (Å²) in [6.45, 7) is 1.98. The van der Waals surface area contributed by atoms with Crippen LogP contribution in [0.25, 0.3) is 0 Å². The molecule has 4 nitrogen and oxygen atoms in total. The van der Waals surface area contributed by atoms with Gasteiger partial charge in [-0.05, 0) is 25.5 Å². The zero-order valence-corrected chi connectivity index (χ0v) is 9.46. The fraction of sp³-hybridized carbons (Fsp3) is 0.600. The molecule has 1 aromatic rings. The molecule has 2 heterocycles. The van der Waals surface area contributed by atoms with Crippen LogP contribution in [-0.2, 0) is 9.84 Å². The Bertz CT molecular complexity index is 410. The van der Waals surface area contributed by atoms with Crippen molar-refractivity contribution in [3.05, 3.63) is 24.2 Å². The van der Waals surface area contributed by atoms with Gasteiger partial charge in [-0.1, -0.05) is 0 Å². The summed E-state index contributed by atoms with van der Waals surface area (Å²) in [7, 11) is -2.80. The van der Waals surface area contributed by atoms with Crippen molar-refractivity contribution in [2.24, 2.45) is 0 Å². The topological polar surface area (TPSA) is 59.3 Å². The van der Waals surface area contributed by atoms with Gasteiger partial charge >= 0.3 is 0 Å². The Balaban J connectivity index is 1.94. The SMILES string of the molecule is C[C@H](N[C@H]1CCS(=O)(=O)C1)c1ccco1. The summed E-state index contributed by atoms with van der Waals surface area (Å²) in [5.41, 5.74) is 0. The maximum atomic E-state index is 11.2. The summed E-state index contributed by atoms with van der Waals surface area (Å²) in [5, 5.41) is 3.26. The van der Waals surface area contributed by atoms with E-state index < -0.39 is 9.84 Å². The number of hydrogen-bond donors (Lipinski definition) is 1. The van der Waals surface area contributed by atoms with Crippen LogP contribution in [0.15, 0.2) is 22.8 Å². The lowest BCUT2D eigenvalue weighted by Crippen LogP contribution is -2.32. The van der Waals surface area contributed by atoms with Gasteiger partial charge in [-0.3, -0.25) is 0 Å². The summed E-state index contributed by atoms with van der Waals surface area (Å²) in [6, 6.07) is 3.86. The predicted molar refractivity (Wildman–Crippen MR) is 57.3 cm³/mol. The molecule has 5 heteroatoms. The van der Waals surface area contributed by atoms with E-state index >= 15 is 0 Å². The maximum absolute atomic E-state index is 11.2. The summed E-state index contributed by atoms with van der Waals surface area (Å²) < 4.78 is 27.7. The van der Waals surface area contributed by atoms with E-state index in [4.69, 9.17) is 4.42 Å². The molecule has 2 atom stereocenters. The van der Waals surface area contributed by atoms with Crippen LogP contribution in [0.1, 0.15) is 25.1 Å². The lowest BCUT2D eigenvalue weighted by molar-refractivity contribution is 0.400. The van der Waals surface area contributed by atoms with Gasteiger partial charge in [0.2, 0.25) is 0 Å². The highest BCUT2D eigenvalue weighted by molar-refractivity contribution is 7.91. The minimum absolute atomic E-state index is 0.0649. The number of nitrogens with one attached hydrogen (secondary N) is 1. The molecule has 0 aliphatic carbocycles. The van der Waals surface area contributed by atoms with Gasteiger partial charge in [0.05, 0.1) is 23.8 Å². The quantitative estimate of drug-likeness (QED) is 0.843. The fourth-order valence-corrected chi connectivity index (χ4v) is 3.59. The van der Waals surface area contributed by atoms with Gasteiger partial charge in [0.25, 0.3) is 0 Å². The Hall–Kier alpha value is -0.810. The molecule has 15 heavy (non-hydrogen) atoms.